The van der Waals surface area contributed by atoms with Crippen molar-refractivity contribution in [2.75, 3.05) is 16.8 Å². The third kappa shape index (κ3) is 3.84. The summed E-state index contributed by atoms with van der Waals surface area (Å²) in [4.78, 5) is 29.7. The first kappa shape index (κ1) is 22.2. The Labute approximate surface area is 195 Å². The monoisotopic (exact) mass is 447 g/mol. The van der Waals surface area contributed by atoms with E-state index in [4.69, 9.17) is 12.2 Å². The summed E-state index contributed by atoms with van der Waals surface area (Å²) in [5, 5.41) is 2.77. The number of carbonyl (C=O) groups excluding carboxylic acids is 2. The molecule has 1 saturated heterocycles. The minimum atomic E-state index is -0.467. The number of benzene rings is 2. The van der Waals surface area contributed by atoms with Crippen molar-refractivity contribution in [3.63, 3.8) is 0 Å². The predicted octanol–water partition coefficient (Wildman–Crippen LogP) is 4.80. The number of carbonyl (C=O) groups is 2. The van der Waals surface area contributed by atoms with Crippen LogP contribution in [0.3, 0.4) is 0 Å². The lowest BCUT2D eigenvalue weighted by Gasteiger charge is -2.45. The van der Waals surface area contributed by atoms with Crippen LogP contribution in [0.15, 0.2) is 48.0 Å². The van der Waals surface area contributed by atoms with Crippen molar-refractivity contribution in [3.8, 4) is 0 Å². The van der Waals surface area contributed by atoms with E-state index in [-0.39, 0.29) is 16.2 Å². The average Bonchev–Trinajstić information content (AvgIpc) is 2.75. The topological polar surface area (TPSA) is 52.7 Å². The van der Waals surface area contributed by atoms with Crippen LogP contribution in [0, 0.1) is 0 Å². The number of anilines is 2. The molecule has 0 saturated carbocycles. The van der Waals surface area contributed by atoms with Gasteiger partial charge >= 0.3 is 0 Å². The van der Waals surface area contributed by atoms with Gasteiger partial charge in [0.25, 0.3) is 11.8 Å². The van der Waals surface area contributed by atoms with E-state index in [0.717, 1.165) is 18.4 Å². The molecule has 2 aliphatic heterocycles. The van der Waals surface area contributed by atoms with Crippen LogP contribution in [0.1, 0.15) is 56.7 Å². The van der Waals surface area contributed by atoms with Crippen molar-refractivity contribution in [3.05, 3.63) is 64.7 Å². The number of rotatable bonds is 3. The van der Waals surface area contributed by atoms with Crippen LogP contribution < -0.4 is 15.1 Å². The molecule has 0 aromatic heterocycles. The fourth-order valence-corrected chi connectivity index (χ4v) is 4.91. The van der Waals surface area contributed by atoms with Gasteiger partial charge in [-0.15, -0.1) is 0 Å². The maximum Gasteiger partial charge on any atom is 0.270 e. The third-order valence-electron chi connectivity index (χ3n) is 6.67. The summed E-state index contributed by atoms with van der Waals surface area (Å²) in [6, 6.07) is 13.8. The first-order valence-corrected chi connectivity index (χ1v) is 11.4. The number of hydrogen-bond acceptors (Lipinski definition) is 4. The van der Waals surface area contributed by atoms with Crippen molar-refractivity contribution in [1.29, 1.82) is 0 Å². The van der Waals surface area contributed by atoms with E-state index in [1.54, 1.807) is 6.08 Å². The molecule has 2 aliphatic rings. The SMILES string of the molecule is CCc1ccc(N2C(=O)/C(=C/c3ccc4c(c3)C(C)CC(C)(C)N4C)C(=O)NC2=S)cc1. The highest BCUT2D eigenvalue weighted by Crippen LogP contribution is 2.42. The Hall–Kier alpha value is -2.99. The number of nitrogens with one attached hydrogen (secondary N) is 1. The van der Waals surface area contributed by atoms with Gasteiger partial charge in [0.15, 0.2) is 5.11 Å². The Morgan fingerprint density at radius 3 is 2.50 bits per heavy atom. The van der Waals surface area contributed by atoms with Crippen molar-refractivity contribution >= 4 is 46.6 Å². The minimum absolute atomic E-state index is 0.0785. The number of hydrogen-bond donors (Lipinski definition) is 1. The molecule has 2 amide bonds. The summed E-state index contributed by atoms with van der Waals surface area (Å²) in [7, 11) is 2.11. The van der Waals surface area contributed by atoms with Crippen molar-refractivity contribution in [1.82, 2.24) is 5.32 Å². The molecule has 2 aromatic carbocycles. The van der Waals surface area contributed by atoms with Crippen LogP contribution in [0.5, 0.6) is 0 Å². The zero-order valence-electron chi connectivity index (χ0n) is 19.2. The zero-order chi connectivity index (χ0) is 23.2. The van der Waals surface area contributed by atoms with Gasteiger partial charge in [0.1, 0.15) is 5.57 Å². The fourth-order valence-electron chi connectivity index (χ4n) is 4.62. The second-order valence-electron chi connectivity index (χ2n) is 9.27. The van der Waals surface area contributed by atoms with Crippen molar-refractivity contribution in [2.45, 2.75) is 52.0 Å². The lowest BCUT2D eigenvalue weighted by atomic mass is 9.80. The van der Waals surface area contributed by atoms with Gasteiger partial charge in [-0.3, -0.25) is 19.8 Å². The van der Waals surface area contributed by atoms with E-state index in [9.17, 15) is 9.59 Å². The van der Waals surface area contributed by atoms with Gasteiger partial charge in [0.2, 0.25) is 0 Å². The Morgan fingerprint density at radius 2 is 1.84 bits per heavy atom. The highest BCUT2D eigenvalue weighted by atomic mass is 32.1. The molecule has 1 fully saturated rings. The minimum Gasteiger partial charge on any atom is -0.369 e. The molecule has 0 bridgehead atoms. The van der Waals surface area contributed by atoms with Gasteiger partial charge in [-0.2, -0.15) is 0 Å². The molecule has 1 unspecified atom stereocenters. The van der Waals surface area contributed by atoms with Crippen LogP contribution in [0.4, 0.5) is 11.4 Å². The average molecular weight is 448 g/mol. The maximum absolute atomic E-state index is 13.3. The zero-order valence-corrected chi connectivity index (χ0v) is 20.0. The molecule has 32 heavy (non-hydrogen) atoms. The largest absolute Gasteiger partial charge is 0.369 e. The van der Waals surface area contributed by atoms with E-state index in [0.29, 0.717) is 11.6 Å². The molecular weight excluding hydrogens is 418 g/mol. The normalized spacial score (nSPS) is 21.6. The van der Waals surface area contributed by atoms with Gasteiger partial charge in [-0.25, -0.2) is 0 Å². The van der Waals surface area contributed by atoms with E-state index < -0.39 is 11.8 Å². The predicted molar refractivity (Wildman–Crippen MR) is 134 cm³/mol. The standard InChI is InChI=1S/C26H29N3O2S/c1-6-17-7-10-19(11-8-17)29-24(31)21(23(30)27-25(29)32)14-18-9-12-22-20(13-18)16(2)15-26(3,4)28(22)5/h7-14,16H,6,15H2,1-5H3,(H,27,30,32)/b21-14+. The first-order valence-electron chi connectivity index (χ1n) is 11.0. The van der Waals surface area contributed by atoms with Crippen LogP contribution in [0.25, 0.3) is 6.08 Å². The van der Waals surface area contributed by atoms with Gasteiger partial charge in [-0.05, 0) is 91.9 Å². The number of nitrogens with zero attached hydrogens (tertiary/aromatic N) is 2. The van der Waals surface area contributed by atoms with Crippen LogP contribution >= 0.6 is 12.2 Å². The first-order chi connectivity index (χ1) is 15.1. The molecule has 2 heterocycles. The molecule has 0 aliphatic carbocycles. The van der Waals surface area contributed by atoms with E-state index >= 15 is 0 Å². The quantitative estimate of drug-likeness (QED) is 0.417. The maximum atomic E-state index is 13.3. The molecule has 4 rings (SSSR count). The highest BCUT2D eigenvalue weighted by Gasteiger charge is 2.36. The molecule has 2 aromatic rings. The lowest BCUT2D eigenvalue weighted by molar-refractivity contribution is -0.122. The third-order valence-corrected chi connectivity index (χ3v) is 6.96. The van der Waals surface area contributed by atoms with Crippen LogP contribution in [-0.2, 0) is 16.0 Å². The molecule has 1 atom stereocenters. The number of fused-ring (bicyclic) bond motifs is 1. The Morgan fingerprint density at radius 1 is 1.16 bits per heavy atom. The number of thiocarbonyl (C=S) groups is 1. The highest BCUT2D eigenvalue weighted by molar-refractivity contribution is 7.80. The second kappa shape index (κ2) is 8.17. The number of aryl methyl sites for hydroxylation is 1. The summed E-state index contributed by atoms with van der Waals surface area (Å²) >= 11 is 5.31. The Bertz CT molecular complexity index is 1130. The van der Waals surface area contributed by atoms with Crippen LogP contribution in [-0.4, -0.2) is 29.5 Å². The van der Waals surface area contributed by atoms with Crippen LogP contribution in [0.2, 0.25) is 0 Å². The molecule has 166 valence electrons. The van der Waals surface area contributed by atoms with E-state index in [1.165, 1.54) is 21.7 Å². The summed E-state index contributed by atoms with van der Waals surface area (Å²) < 4.78 is 0. The molecule has 5 nitrogen and oxygen atoms in total. The van der Waals surface area contributed by atoms with Crippen molar-refractivity contribution in [2.24, 2.45) is 0 Å². The van der Waals surface area contributed by atoms with Gasteiger partial charge in [0, 0.05) is 18.3 Å². The molecule has 0 radical (unpaired) electrons. The summed E-state index contributed by atoms with van der Waals surface area (Å²) in [6.07, 6.45) is 3.61. The smallest absolute Gasteiger partial charge is 0.270 e. The van der Waals surface area contributed by atoms with Gasteiger partial charge in [0.05, 0.1) is 5.69 Å². The number of amides is 2. The van der Waals surface area contributed by atoms with Gasteiger partial charge in [-0.1, -0.05) is 32.0 Å². The van der Waals surface area contributed by atoms with E-state index in [1.807, 2.05) is 30.3 Å². The molecular formula is C26H29N3O2S. The van der Waals surface area contributed by atoms with Gasteiger partial charge < -0.3 is 4.90 Å². The Balaban J connectivity index is 1.70. The Kier molecular flexibility index (Phi) is 5.67. The van der Waals surface area contributed by atoms with Crippen molar-refractivity contribution < 1.29 is 9.59 Å². The molecule has 1 N–H and O–H groups in total. The molecule has 0 spiro atoms. The summed E-state index contributed by atoms with van der Waals surface area (Å²) in [5.74, 6) is -0.496. The summed E-state index contributed by atoms with van der Waals surface area (Å²) in [6.45, 7) is 8.80. The summed E-state index contributed by atoms with van der Waals surface area (Å²) in [5.41, 5.74) is 5.22. The lowest BCUT2D eigenvalue weighted by Crippen LogP contribution is -2.54. The fraction of sp³-hybridized carbons (Fsp3) is 0.346. The molecule has 6 heteroatoms. The second-order valence-corrected chi connectivity index (χ2v) is 9.66. The van der Waals surface area contributed by atoms with E-state index in [2.05, 4.69) is 57.1 Å².